The summed E-state index contributed by atoms with van der Waals surface area (Å²) in [6, 6.07) is -0.985. The highest BCUT2D eigenvalue weighted by Crippen LogP contribution is 2.23. The number of carbonyl (C=O) groups is 1. The van der Waals surface area contributed by atoms with Crippen LogP contribution >= 0.6 is 0 Å². The van der Waals surface area contributed by atoms with E-state index in [1.54, 1.807) is 0 Å². The molecule has 10 heteroatoms. The molecule has 0 bridgehead atoms. The molecular formula is C50H99NO9. The summed E-state index contributed by atoms with van der Waals surface area (Å²) in [4.78, 5) is 13.0. The number of nitrogens with one attached hydrogen (secondary N) is 1. The van der Waals surface area contributed by atoms with Gasteiger partial charge >= 0.3 is 0 Å². The molecule has 1 heterocycles. The molecule has 1 aliphatic rings. The normalized spacial score (nSPS) is 21.0. The van der Waals surface area contributed by atoms with E-state index in [1.165, 1.54) is 186 Å². The summed E-state index contributed by atoms with van der Waals surface area (Å²) >= 11 is 0. The van der Waals surface area contributed by atoms with Crippen molar-refractivity contribution in [3.63, 3.8) is 0 Å². The molecule has 1 fully saturated rings. The van der Waals surface area contributed by atoms with Gasteiger partial charge in [0.1, 0.15) is 30.5 Å². The summed E-state index contributed by atoms with van der Waals surface area (Å²) in [5.74, 6) is -0.252. The Morgan fingerprint density at radius 2 is 0.867 bits per heavy atom. The number of aliphatic hydroxyl groups excluding tert-OH is 6. The number of carbonyl (C=O) groups excluding carboxylic acids is 1. The van der Waals surface area contributed by atoms with Crippen molar-refractivity contribution in [2.24, 2.45) is 0 Å². The van der Waals surface area contributed by atoms with E-state index in [4.69, 9.17) is 9.47 Å². The predicted molar refractivity (Wildman–Crippen MR) is 246 cm³/mol. The molecular weight excluding hydrogens is 759 g/mol. The highest BCUT2D eigenvalue weighted by molar-refractivity contribution is 5.76. The number of hydrogen-bond acceptors (Lipinski definition) is 9. The fraction of sp³-hybridized carbons (Fsp3) is 0.980. The molecule has 1 rings (SSSR count). The Morgan fingerprint density at radius 3 is 1.23 bits per heavy atom. The largest absolute Gasteiger partial charge is 0.394 e. The number of amides is 1. The van der Waals surface area contributed by atoms with E-state index in [1.807, 2.05) is 0 Å². The molecule has 0 aliphatic carbocycles. The SMILES string of the molecule is CCCCCCCCCCCCCCCCCCCCCCCCC(=O)N[C@@H](CO[C@@H]1O[C@H](CO)[C@H](O)C(O)C1O)[C@H](O)[C@H](O)CCCCCCCCCCCCCCC. The first-order valence-electron chi connectivity index (χ1n) is 25.8. The van der Waals surface area contributed by atoms with Crippen LogP contribution in [0.15, 0.2) is 0 Å². The Balaban J connectivity index is 2.28. The Labute approximate surface area is 368 Å². The number of aliphatic hydroxyl groups is 6. The zero-order chi connectivity index (χ0) is 43.9. The van der Waals surface area contributed by atoms with Crippen LogP contribution in [0.25, 0.3) is 0 Å². The van der Waals surface area contributed by atoms with E-state index in [0.717, 1.165) is 38.5 Å². The van der Waals surface area contributed by atoms with Gasteiger partial charge in [-0.15, -0.1) is 0 Å². The van der Waals surface area contributed by atoms with Crippen molar-refractivity contribution in [2.45, 2.75) is 300 Å². The number of hydrogen-bond donors (Lipinski definition) is 7. The van der Waals surface area contributed by atoms with E-state index in [0.29, 0.717) is 6.42 Å². The van der Waals surface area contributed by atoms with Gasteiger partial charge in [-0.3, -0.25) is 4.79 Å². The summed E-state index contributed by atoms with van der Waals surface area (Å²) in [7, 11) is 0. The van der Waals surface area contributed by atoms with Gasteiger partial charge < -0.3 is 45.4 Å². The van der Waals surface area contributed by atoms with Crippen LogP contribution in [-0.4, -0.2) is 98.7 Å². The van der Waals surface area contributed by atoms with Crippen molar-refractivity contribution in [3.05, 3.63) is 0 Å². The maximum Gasteiger partial charge on any atom is 0.220 e. The van der Waals surface area contributed by atoms with E-state index in [9.17, 15) is 35.4 Å². The lowest BCUT2D eigenvalue weighted by Gasteiger charge is -2.40. The molecule has 2 unspecified atom stereocenters. The van der Waals surface area contributed by atoms with Crippen LogP contribution in [0, 0.1) is 0 Å². The van der Waals surface area contributed by atoms with Crippen molar-refractivity contribution in [1.29, 1.82) is 0 Å². The smallest absolute Gasteiger partial charge is 0.220 e. The van der Waals surface area contributed by atoms with Crippen molar-refractivity contribution in [3.8, 4) is 0 Å². The van der Waals surface area contributed by atoms with Gasteiger partial charge in [-0.1, -0.05) is 232 Å². The lowest BCUT2D eigenvalue weighted by molar-refractivity contribution is -0.303. The summed E-state index contributed by atoms with van der Waals surface area (Å²) < 4.78 is 11.2. The van der Waals surface area contributed by atoms with Gasteiger partial charge in [-0.05, 0) is 12.8 Å². The highest BCUT2D eigenvalue weighted by Gasteiger charge is 2.44. The van der Waals surface area contributed by atoms with Crippen LogP contribution in [0.1, 0.15) is 251 Å². The van der Waals surface area contributed by atoms with E-state index in [-0.39, 0.29) is 18.9 Å². The van der Waals surface area contributed by atoms with Gasteiger partial charge in [-0.2, -0.15) is 0 Å². The minimum Gasteiger partial charge on any atom is -0.394 e. The van der Waals surface area contributed by atoms with Gasteiger partial charge in [-0.25, -0.2) is 0 Å². The Hall–Kier alpha value is -0.850. The predicted octanol–water partition coefficient (Wildman–Crippen LogP) is 10.5. The van der Waals surface area contributed by atoms with Gasteiger partial charge in [0.15, 0.2) is 6.29 Å². The second kappa shape index (κ2) is 40.9. The van der Waals surface area contributed by atoms with Crippen LogP contribution in [-0.2, 0) is 14.3 Å². The topological polar surface area (TPSA) is 169 Å². The molecule has 1 aliphatic heterocycles. The van der Waals surface area contributed by atoms with Crippen molar-refractivity contribution >= 4 is 5.91 Å². The average molecular weight is 858 g/mol. The molecule has 8 atom stereocenters. The minimum absolute atomic E-state index is 0.252. The second-order valence-electron chi connectivity index (χ2n) is 18.5. The lowest BCUT2D eigenvalue weighted by Crippen LogP contribution is -2.60. The van der Waals surface area contributed by atoms with Crippen molar-refractivity contribution in [1.82, 2.24) is 5.32 Å². The molecule has 0 aromatic rings. The number of unbranched alkanes of at least 4 members (excludes halogenated alkanes) is 33. The molecule has 7 N–H and O–H groups in total. The van der Waals surface area contributed by atoms with E-state index in [2.05, 4.69) is 19.2 Å². The molecule has 1 amide bonds. The fourth-order valence-corrected chi connectivity index (χ4v) is 8.61. The quantitative estimate of drug-likeness (QED) is 0.0295. The van der Waals surface area contributed by atoms with E-state index >= 15 is 0 Å². The fourth-order valence-electron chi connectivity index (χ4n) is 8.61. The summed E-state index contributed by atoms with van der Waals surface area (Å²) in [6.07, 6.45) is 35.4. The van der Waals surface area contributed by atoms with Crippen molar-refractivity contribution < 1.29 is 44.9 Å². The summed E-state index contributed by atoms with van der Waals surface area (Å²) in [5, 5.41) is 65.3. The zero-order valence-electron chi connectivity index (χ0n) is 39.1. The molecule has 0 spiro atoms. The first kappa shape index (κ1) is 57.2. The van der Waals surface area contributed by atoms with Crippen LogP contribution in [0.2, 0.25) is 0 Å². The van der Waals surface area contributed by atoms with Crippen LogP contribution in [0.3, 0.4) is 0 Å². The Morgan fingerprint density at radius 1 is 0.517 bits per heavy atom. The first-order chi connectivity index (χ1) is 29.3. The average Bonchev–Trinajstić information content (AvgIpc) is 3.25. The van der Waals surface area contributed by atoms with Gasteiger partial charge in [0, 0.05) is 6.42 Å². The van der Waals surface area contributed by atoms with Gasteiger partial charge in [0.2, 0.25) is 5.91 Å². The van der Waals surface area contributed by atoms with Crippen molar-refractivity contribution in [2.75, 3.05) is 13.2 Å². The van der Waals surface area contributed by atoms with Crippen LogP contribution in [0.4, 0.5) is 0 Å². The number of ether oxygens (including phenoxy) is 2. The standard InChI is InChI=1S/C50H99NO9/c1-3-5-7-9-11-13-15-17-18-19-20-21-22-23-24-25-27-29-31-33-35-37-39-45(54)51-42(41-59-50-49(58)48(57)47(56)44(40-52)60-50)46(55)43(53)38-36-34-32-30-28-26-16-14-12-10-8-6-4-2/h42-44,46-50,52-53,55-58H,3-41H2,1-2H3,(H,51,54)/t42-,43+,44+,46-,47-,48?,49?,50+/m0/s1. The molecule has 10 nitrogen and oxygen atoms in total. The minimum atomic E-state index is -1.60. The Kier molecular flexibility index (Phi) is 39.0. The molecule has 1 saturated heterocycles. The molecule has 0 aromatic carbocycles. The molecule has 0 saturated carbocycles. The molecule has 0 radical (unpaired) electrons. The van der Waals surface area contributed by atoms with Crippen LogP contribution in [0.5, 0.6) is 0 Å². The summed E-state index contributed by atoms with van der Waals surface area (Å²) in [5.41, 5.74) is 0. The van der Waals surface area contributed by atoms with E-state index < -0.39 is 55.6 Å². The number of rotatable bonds is 44. The van der Waals surface area contributed by atoms with Crippen LogP contribution < -0.4 is 5.32 Å². The molecule has 358 valence electrons. The molecule has 0 aromatic heterocycles. The molecule has 60 heavy (non-hydrogen) atoms. The lowest BCUT2D eigenvalue weighted by atomic mass is 9.98. The first-order valence-corrected chi connectivity index (χ1v) is 25.8. The third kappa shape index (κ3) is 30.3. The third-order valence-corrected chi connectivity index (χ3v) is 12.8. The third-order valence-electron chi connectivity index (χ3n) is 12.8. The maximum absolute atomic E-state index is 13.0. The van der Waals surface area contributed by atoms with Gasteiger partial charge in [0.25, 0.3) is 0 Å². The van der Waals surface area contributed by atoms with Gasteiger partial charge in [0.05, 0.1) is 25.4 Å². The highest BCUT2D eigenvalue weighted by atomic mass is 16.7. The maximum atomic E-state index is 13.0. The monoisotopic (exact) mass is 858 g/mol. The summed E-state index contributed by atoms with van der Waals surface area (Å²) in [6.45, 7) is 3.63. The zero-order valence-corrected chi connectivity index (χ0v) is 39.1. The Bertz CT molecular complexity index is 926. The second-order valence-corrected chi connectivity index (χ2v) is 18.5.